The summed E-state index contributed by atoms with van der Waals surface area (Å²) in [6.07, 6.45) is 0.456. The number of hydrogen-bond donors (Lipinski definition) is 2. The summed E-state index contributed by atoms with van der Waals surface area (Å²) in [7, 11) is 0. The summed E-state index contributed by atoms with van der Waals surface area (Å²) in [6.45, 7) is 0. The zero-order chi connectivity index (χ0) is 13.8. The highest BCUT2D eigenvalue weighted by molar-refractivity contribution is 9.10. The minimum absolute atomic E-state index is 0.0857. The molecule has 0 aromatic heterocycles. The van der Waals surface area contributed by atoms with Crippen LogP contribution in [0.2, 0.25) is 5.02 Å². The zero-order valence-corrected chi connectivity index (χ0v) is 13.1. The standard InChI is InChI=1S/C12H12BrClN2O2S/c13-7-3-8(14)5-9(4-7)15-12(18)10-6-19-2-1-11(17)16-10/h3-5,10H,1-2,6H2,(H,15,18)(H,16,17)/t10-/m0/s1. The molecular weight excluding hydrogens is 352 g/mol. The molecule has 0 spiro atoms. The highest BCUT2D eigenvalue weighted by Crippen LogP contribution is 2.23. The van der Waals surface area contributed by atoms with Crippen LogP contribution < -0.4 is 10.6 Å². The van der Waals surface area contributed by atoms with Crippen molar-refractivity contribution in [2.45, 2.75) is 12.5 Å². The first-order chi connectivity index (χ1) is 9.04. The first-order valence-corrected chi connectivity index (χ1v) is 8.01. The van der Waals surface area contributed by atoms with Crippen molar-refractivity contribution < 1.29 is 9.59 Å². The molecule has 1 saturated heterocycles. The van der Waals surface area contributed by atoms with Crippen molar-refractivity contribution in [1.82, 2.24) is 5.32 Å². The van der Waals surface area contributed by atoms with E-state index in [-0.39, 0.29) is 11.8 Å². The maximum Gasteiger partial charge on any atom is 0.247 e. The molecule has 4 nitrogen and oxygen atoms in total. The molecule has 0 unspecified atom stereocenters. The van der Waals surface area contributed by atoms with Gasteiger partial charge in [0.1, 0.15) is 6.04 Å². The second kappa shape index (κ2) is 6.63. The maximum absolute atomic E-state index is 12.1. The molecular formula is C12H12BrClN2O2S. The van der Waals surface area contributed by atoms with Gasteiger partial charge in [-0.2, -0.15) is 11.8 Å². The fraction of sp³-hybridized carbons (Fsp3) is 0.333. The predicted octanol–water partition coefficient (Wildman–Crippen LogP) is 2.66. The van der Waals surface area contributed by atoms with E-state index in [1.165, 1.54) is 0 Å². The van der Waals surface area contributed by atoms with Gasteiger partial charge in [0.25, 0.3) is 0 Å². The Hall–Kier alpha value is -0.720. The number of hydrogen-bond acceptors (Lipinski definition) is 3. The van der Waals surface area contributed by atoms with Gasteiger partial charge in [-0.05, 0) is 18.2 Å². The van der Waals surface area contributed by atoms with Crippen molar-refractivity contribution in [2.75, 3.05) is 16.8 Å². The van der Waals surface area contributed by atoms with Gasteiger partial charge >= 0.3 is 0 Å². The molecule has 0 bridgehead atoms. The Bertz CT molecular complexity index is 492. The molecule has 1 fully saturated rings. The molecule has 1 aromatic carbocycles. The smallest absolute Gasteiger partial charge is 0.247 e. The lowest BCUT2D eigenvalue weighted by Gasteiger charge is -2.15. The molecule has 0 radical (unpaired) electrons. The first kappa shape index (κ1) is 14.7. The van der Waals surface area contributed by atoms with E-state index in [1.807, 2.05) is 0 Å². The molecule has 2 N–H and O–H groups in total. The van der Waals surface area contributed by atoms with Crippen LogP contribution in [0.25, 0.3) is 0 Å². The molecule has 1 atom stereocenters. The van der Waals surface area contributed by atoms with Gasteiger partial charge in [-0.15, -0.1) is 0 Å². The summed E-state index contributed by atoms with van der Waals surface area (Å²) in [4.78, 5) is 23.5. The minimum atomic E-state index is -0.502. The number of nitrogens with one attached hydrogen (secondary N) is 2. The van der Waals surface area contributed by atoms with E-state index in [0.717, 1.165) is 10.2 Å². The molecule has 1 aliphatic heterocycles. The van der Waals surface area contributed by atoms with Gasteiger partial charge in [-0.1, -0.05) is 27.5 Å². The number of rotatable bonds is 2. The predicted molar refractivity (Wildman–Crippen MR) is 81.7 cm³/mol. The Morgan fingerprint density at radius 1 is 1.47 bits per heavy atom. The van der Waals surface area contributed by atoms with Crippen molar-refractivity contribution in [2.24, 2.45) is 0 Å². The molecule has 7 heteroatoms. The van der Waals surface area contributed by atoms with Crippen LogP contribution in [0, 0.1) is 0 Å². The largest absolute Gasteiger partial charge is 0.343 e. The normalized spacial score (nSPS) is 19.5. The summed E-state index contributed by atoms with van der Waals surface area (Å²) >= 11 is 10.8. The zero-order valence-electron chi connectivity index (χ0n) is 9.91. The van der Waals surface area contributed by atoms with Gasteiger partial charge in [0.2, 0.25) is 11.8 Å². The van der Waals surface area contributed by atoms with Crippen LogP contribution >= 0.6 is 39.3 Å². The number of halogens is 2. The van der Waals surface area contributed by atoms with Gasteiger partial charge in [-0.25, -0.2) is 0 Å². The number of benzene rings is 1. The summed E-state index contributed by atoms with van der Waals surface area (Å²) in [6, 6.07) is 4.66. The molecule has 2 rings (SSSR count). The average molecular weight is 364 g/mol. The second-order valence-electron chi connectivity index (χ2n) is 4.09. The van der Waals surface area contributed by atoms with Gasteiger partial charge in [0.15, 0.2) is 0 Å². The number of carbonyl (C=O) groups is 2. The van der Waals surface area contributed by atoms with Crippen LogP contribution in [0.1, 0.15) is 6.42 Å². The van der Waals surface area contributed by atoms with Crippen LogP contribution in [-0.4, -0.2) is 29.4 Å². The fourth-order valence-corrected chi connectivity index (χ4v) is 3.50. The third-order valence-corrected chi connectivity index (χ3v) is 4.28. The fourth-order valence-electron chi connectivity index (χ4n) is 1.67. The lowest BCUT2D eigenvalue weighted by atomic mass is 10.2. The highest BCUT2D eigenvalue weighted by atomic mass is 79.9. The van der Waals surface area contributed by atoms with Crippen LogP contribution in [0.15, 0.2) is 22.7 Å². The Kier molecular flexibility index (Phi) is 5.13. The lowest BCUT2D eigenvalue weighted by molar-refractivity contribution is -0.125. The summed E-state index contributed by atoms with van der Waals surface area (Å²) in [5.41, 5.74) is 0.605. The van der Waals surface area contributed by atoms with E-state index in [0.29, 0.717) is 22.9 Å². The summed E-state index contributed by atoms with van der Waals surface area (Å²) < 4.78 is 0.787. The van der Waals surface area contributed by atoms with Gasteiger partial charge in [0.05, 0.1) is 0 Å². The Balaban J connectivity index is 2.05. The second-order valence-corrected chi connectivity index (χ2v) is 6.59. The first-order valence-electron chi connectivity index (χ1n) is 5.68. The minimum Gasteiger partial charge on any atom is -0.343 e. The molecule has 1 aromatic rings. The van der Waals surface area contributed by atoms with Crippen molar-refractivity contribution in [3.05, 3.63) is 27.7 Å². The average Bonchev–Trinajstić information content (AvgIpc) is 2.52. The van der Waals surface area contributed by atoms with Gasteiger partial charge < -0.3 is 10.6 Å². The topological polar surface area (TPSA) is 58.2 Å². The number of carbonyl (C=O) groups excluding carboxylic acids is 2. The third-order valence-electron chi connectivity index (χ3n) is 2.54. The molecule has 2 amide bonds. The number of anilines is 1. The molecule has 19 heavy (non-hydrogen) atoms. The maximum atomic E-state index is 12.1. The Labute approximate surface area is 128 Å². The van der Waals surface area contributed by atoms with Crippen molar-refractivity contribution in [1.29, 1.82) is 0 Å². The van der Waals surface area contributed by atoms with Crippen LogP contribution in [0.3, 0.4) is 0 Å². The van der Waals surface area contributed by atoms with E-state index in [1.54, 1.807) is 30.0 Å². The van der Waals surface area contributed by atoms with Gasteiger partial charge in [0, 0.05) is 33.1 Å². The van der Waals surface area contributed by atoms with Crippen molar-refractivity contribution >= 4 is 56.8 Å². The highest BCUT2D eigenvalue weighted by Gasteiger charge is 2.23. The SMILES string of the molecule is O=C1CCSC[C@@H](C(=O)Nc2cc(Cl)cc(Br)c2)N1. The van der Waals surface area contributed by atoms with E-state index in [4.69, 9.17) is 11.6 Å². The molecule has 0 saturated carbocycles. The molecule has 1 aliphatic rings. The Morgan fingerprint density at radius 2 is 2.26 bits per heavy atom. The number of thioether (sulfide) groups is 1. The van der Waals surface area contributed by atoms with Crippen LogP contribution in [-0.2, 0) is 9.59 Å². The third kappa shape index (κ3) is 4.40. The quantitative estimate of drug-likeness (QED) is 0.849. The molecule has 1 heterocycles. The monoisotopic (exact) mass is 362 g/mol. The molecule has 0 aliphatic carbocycles. The van der Waals surface area contributed by atoms with E-state index < -0.39 is 6.04 Å². The van der Waals surface area contributed by atoms with Crippen LogP contribution in [0.5, 0.6) is 0 Å². The van der Waals surface area contributed by atoms with Crippen molar-refractivity contribution in [3.8, 4) is 0 Å². The van der Waals surface area contributed by atoms with Gasteiger partial charge in [-0.3, -0.25) is 9.59 Å². The lowest BCUT2D eigenvalue weighted by Crippen LogP contribution is -2.44. The van der Waals surface area contributed by atoms with E-state index in [2.05, 4.69) is 26.6 Å². The summed E-state index contributed by atoms with van der Waals surface area (Å²) in [5.74, 6) is 1.02. The van der Waals surface area contributed by atoms with Crippen LogP contribution in [0.4, 0.5) is 5.69 Å². The van der Waals surface area contributed by atoms with Crippen molar-refractivity contribution in [3.63, 3.8) is 0 Å². The summed E-state index contributed by atoms with van der Waals surface area (Å²) in [5, 5.41) is 6.00. The number of amides is 2. The molecule has 102 valence electrons. The van der Waals surface area contributed by atoms with E-state index in [9.17, 15) is 9.59 Å². The van der Waals surface area contributed by atoms with E-state index >= 15 is 0 Å². The Morgan fingerprint density at radius 3 is 3.00 bits per heavy atom.